The molecule has 0 aliphatic carbocycles. The van der Waals surface area contributed by atoms with Crippen molar-refractivity contribution in [2.24, 2.45) is 7.05 Å². The molecule has 4 heterocycles. The molecule has 42 heavy (non-hydrogen) atoms. The van der Waals surface area contributed by atoms with Gasteiger partial charge in [0.25, 0.3) is 5.69 Å². The number of imidazole rings is 1. The minimum Gasteiger partial charge on any atom is -0.494 e. The molecular weight excluding hydrogens is 541 g/mol. The predicted molar refractivity (Wildman–Crippen MR) is 159 cm³/mol. The molecule has 220 valence electrons. The molecule has 0 bridgehead atoms. The number of methoxy groups -OCH3 is 1. The van der Waals surface area contributed by atoms with Crippen LogP contribution in [0, 0.1) is 15.9 Å². The molecule has 2 aliphatic rings. The van der Waals surface area contributed by atoms with Crippen LogP contribution in [0.5, 0.6) is 5.75 Å². The number of anilines is 3. The number of nitro groups is 1. The zero-order valence-corrected chi connectivity index (χ0v) is 24.0. The molecule has 0 atom stereocenters. The quantitative estimate of drug-likeness (QED) is 0.256. The zero-order valence-electron chi connectivity index (χ0n) is 24.0. The second-order valence-electron chi connectivity index (χ2n) is 10.9. The lowest BCUT2D eigenvalue weighted by Crippen LogP contribution is -2.52. The van der Waals surface area contributed by atoms with Crippen molar-refractivity contribution in [3.8, 4) is 17.3 Å². The zero-order chi connectivity index (χ0) is 29.4. The number of piperidine rings is 1. The van der Waals surface area contributed by atoms with Gasteiger partial charge in [0, 0.05) is 76.8 Å². The number of aryl methyl sites for hydroxylation is 1. The number of fused-ring (bicyclic) bond motifs is 1. The molecule has 0 amide bonds. The number of likely N-dealkylation sites (N-methyl/N-ethyl adjacent to an activating group) is 1. The van der Waals surface area contributed by atoms with Gasteiger partial charge < -0.3 is 24.4 Å². The maximum atomic E-state index is 13.7. The summed E-state index contributed by atoms with van der Waals surface area (Å²) in [6.07, 6.45) is 3.49. The van der Waals surface area contributed by atoms with Crippen molar-refractivity contribution in [2.75, 3.05) is 63.6 Å². The van der Waals surface area contributed by atoms with Gasteiger partial charge in [0.2, 0.25) is 5.95 Å². The Balaban J connectivity index is 1.24. The topological polar surface area (TPSA) is 118 Å². The molecule has 2 aromatic heterocycles. The number of ether oxygens (including phenoxy) is 1. The van der Waals surface area contributed by atoms with Crippen LogP contribution in [0.25, 0.3) is 22.6 Å². The van der Waals surface area contributed by atoms with Crippen LogP contribution < -0.4 is 15.0 Å². The fourth-order valence-corrected chi connectivity index (χ4v) is 5.95. The van der Waals surface area contributed by atoms with E-state index in [2.05, 4.69) is 42.0 Å². The van der Waals surface area contributed by atoms with Crippen LogP contribution in [0.15, 0.2) is 42.6 Å². The van der Waals surface area contributed by atoms with Crippen LogP contribution in [-0.2, 0) is 7.05 Å². The summed E-state index contributed by atoms with van der Waals surface area (Å²) in [4.78, 5) is 32.3. The number of piperazine rings is 1. The number of hydrogen-bond acceptors (Lipinski definition) is 10. The van der Waals surface area contributed by atoms with Crippen LogP contribution in [0.2, 0.25) is 0 Å². The van der Waals surface area contributed by atoms with Gasteiger partial charge in [-0.25, -0.2) is 19.3 Å². The molecule has 4 aromatic rings. The fourth-order valence-electron chi connectivity index (χ4n) is 5.95. The Bertz CT molecular complexity index is 1610. The third-order valence-corrected chi connectivity index (χ3v) is 8.33. The number of halogens is 1. The SMILES string of the molecule is COc1cc(N2CCC(N3CCN(C)CC3)CC2)c([N+](=O)[O-])cc1Nc1nccc(-c2nc3cc(F)ccc3n2C)n1. The summed E-state index contributed by atoms with van der Waals surface area (Å²) in [5.41, 5.74) is 2.70. The lowest BCUT2D eigenvalue weighted by Gasteiger charge is -2.42. The second-order valence-corrected chi connectivity index (χ2v) is 10.9. The molecule has 0 saturated carbocycles. The van der Waals surface area contributed by atoms with Crippen LogP contribution in [0.4, 0.5) is 27.4 Å². The maximum Gasteiger partial charge on any atom is 0.294 e. The van der Waals surface area contributed by atoms with Gasteiger partial charge in [-0.1, -0.05) is 0 Å². The summed E-state index contributed by atoms with van der Waals surface area (Å²) >= 11 is 0. The third-order valence-electron chi connectivity index (χ3n) is 8.33. The van der Waals surface area contributed by atoms with Crippen molar-refractivity contribution in [3.05, 3.63) is 58.5 Å². The number of aromatic nitrogens is 4. The molecule has 12 nitrogen and oxygen atoms in total. The molecule has 0 spiro atoms. The van der Waals surface area contributed by atoms with Gasteiger partial charge >= 0.3 is 0 Å². The highest BCUT2D eigenvalue weighted by Crippen LogP contribution is 2.40. The highest BCUT2D eigenvalue weighted by molar-refractivity contribution is 5.80. The summed E-state index contributed by atoms with van der Waals surface area (Å²) < 4.78 is 21.2. The molecule has 2 aliphatic heterocycles. The molecule has 2 saturated heterocycles. The minimum absolute atomic E-state index is 0.00937. The summed E-state index contributed by atoms with van der Waals surface area (Å²) in [5, 5.41) is 15.3. The molecule has 0 unspecified atom stereocenters. The lowest BCUT2D eigenvalue weighted by molar-refractivity contribution is -0.384. The van der Waals surface area contributed by atoms with E-state index in [1.807, 2.05) is 11.6 Å². The normalized spacial score (nSPS) is 17.1. The van der Waals surface area contributed by atoms with E-state index in [1.54, 1.807) is 24.4 Å². The van der Waals surface area contributed by atoms with Crippen molar-refractivity contribution in [3.63, 3.8) is 0 Å². The first-order valence-corrected chi connectivity index (χ1v) is 14.1. The predicted octanol–water partition coefficient (Wildman–Crippen LogP) is 4.05. The Morgan fingerprint density at radius 2 is 1.79 bits per heavy atom. The standard InChI is InChI=1S/C29H34FN9O3/c1-35-12-14-37(15-13-35)20-7-10-38(11-8-20)25-18-27(42-3)23(17-26(25)39(40)41)34-29-31-9-6-21(33-29)28-32-22-16-19(30)4-5-24(22)36(28)2/h4-6,9,16-18,20H,7-8,10-15H2,1-3H3,(H,31,33,34). The summed E-state index contributed by atoms with van der Waals surface area (Å²) in [7, 11) is 5.52. The van der Waals surface area contributed by atoms with E-state index in [1.165, 1.54) is 25.3 Å². The van der Waals surface area contributed by atoms with Crippen molar-refractivity contribution >= 4 is 34.0 Å². The number of nitrogens with one attached hydrogen (secondary N) is 1. The first-order valence-electron chi connectivity index (χ1n) is 14.1. The van der Waals surface area contributed by atoms with Crippen LogP contribution in [0.1, 0.15) is 12.8 Å². The van der Waals surface area contributed by atoms with E-state index in [0.717, 1.165) is 57.6 Å². The summed E-state index contributed by atoms with van der Waals surface area (Å²) in [6, 6.07) is 9.84. The van der Waals surface area contributed by atoms with Gasteiger partial charge in [-0.05, 0) is 38.1 Å². The first-order chi connectivity index (χ1) is 20.3. The average molecular weight is 576 g/mol. The number of nitrogens with zero attached hydrogens (tertiary/aromatic N) is 8. The van der Waals surface area contributed by atoms with Crippen LogP contribution in [-0.4, -0.2) is 93.7 Å². The number of hydrogen-bond donors (Lipinski definition) is 1. The van der Waals surface area contributed by atoms with Crippen molar-refractivity contribution < 1.29 is 14.1 Å². The Labute approximate surface area is 242 Å². The van der Waals surface area contributed by atoms with E-state index in [-0.39, 0.29) is 22.4 Å². The van der Waals surface area contributed by atoms with Gasteiger partial charge in [0.05, 0.1) is 28.8 Å². The molecule has 1 N–H and O–H groups in total. The number of benzene rings is 2. The van der Waals surface area contributed by atoms with E-state index < -0.39 is 0 Å². The highest BCUT2D eigenvalue weighted by atomic mass is 19.1. The Hall–Kier alpha value is -4.36. The largest absolute Gasteiger partial charge is 0.494 e. The van der Waals surface area contributed by atoms with Crippen molar-refractivity contribution in [1.82, 2.24) is 29.3 Å². The lowest BCUT2D eigenvalue weighted by atomic mass is 10.0. The second kappa shape index (κ2) is 11.5. The first kappa shape index (κ1) is 27.8. The minimum atomic E-state index is -0.367. The van der Waals surface area contributed by atoms with Gasteiger partial charge in [-0.2, -0.15) is 0 Å². The molecule has 0 radical (unpaired) electrons. The van der Waals surface area contributed by atoms with Gasteiger partial charge in [-0.15, -0.1) is 0 Å². The van der Waals surface area contributed by atoms with Gasteiger partial charge in [0.1, 0.15) is 22.9 Å². The summed E-state index contributed by atoms with van der Waals surface area (Å²) in [6.45, 7) is 5.74. The Morgan fingerprint density at radius 1 is 1.02 bits per heavy atom. The highest BCUT2D eigenvalue weighted by Gasteiger charge is 2.30. The van der Waals surface area contributed by atoms with E-state index in [4.69, 9.17) is 4.74 Å². The third kappa shape index (κ3) is 5.44. The van der Waals surface area contributed by atoms with Gasteiger partial charge in [-0.3, -0.25) is 15.0 Å². The van der Waals surface area contributed by atoms with E-state index in [0.29, 0.717) is 40.2 Å². The molecule has 2 fully saturated rings. The van der Waals surface area contributed by atoms with Crippen LogP contribution >= 0.6 is 0 Å². The Morgan fingerprint density at radius 3 is 2.50 bits per heavy atom. The smallest absolute Gasteiger partial charge is 0.294 e. The van der Waals surface area contributed by atoms with Crippen LogP contribution in [0.3, 0.4) is 0 Å². The van der Waals surface area contributed by atoms with Crippen molar-refractivity contribution in [1.29, 1.82) is 0 Å². The van der Waals surface area contributed by atoms with E-state index >= 15 is 0 Å². The van der Waals surface area contributed by atoms with E-state index in [9.17, 15) is 14.5 Å². The fraction of sp³-hybridized carbons (Fsp3) is 0.414. The summed E-state index contributed by atoms with van der Waals surface area (Å²) in [5.74, 6) is 0.839. The van der Waals surface area contributed by atoms with Crippen molar-refractivity contribution in [2.45, 2.75) is 18.9 Å². The average Bonchev–Trinajstić information content (AvgIpc) is 3.32. The molecule has 6 rings (SSSR count). The monoisotopic (exact) mass is 575 g/mol. The molecule has 2 aromatic carbocycles. The molecule has 13 heteroatoms. The number of nitro benzene ring substituents is 1. The number of rotatable bonds is 7. The Kier molecular flexibility index (Phi) is 7.60. The van der Waals surface area contributed by atoms with Gasteiger partial charge in [0.15, 0.2) is 5.82 Å². The maximum absolute atomic E-state index is 13.7. The molecular formula is C29H34FN9O3.